The fourth-order valence-corrected chi connectivity index (χ4v) is 4.24. The van der Waals surface area contributed by atoms with Gasteiger partial charge in [-0.3, -0.25) is 0 Å². The van der Waals surface area contributed by atoms with E-state index in [4.69, 9.17) is 14.2 Å². The van der Waals surface area contributed by atoms with Gasteiger partial charge in [0.05, 0.1) is 18.4 Å². The van der Waals surface area contributed by atoms with Crippen LogP contribution in [0.25, 0.3) is 0 Å². The highest BCUT2D eigenvalue weighted by molar-refractivity contribution is 5.37. The van der Waals surface area contributed by atoms with Crippen molar-refractivity contribution in [1.82, 2.24) is 25.4 Å². The summed E-state index contributed by atoms with van der Waals surface area (Å²) < 4.78 is 11.6. The SMILES string of the molecule is CC(C)c1noc(N2CCC(COC3CN(c4ncc5c(n4)CCNC5)C3)CC2)n1. The second kappa shape index (κ2) is 8.47. The molecule has 0 spiro atoms. The standard InChI is InChI=1S/C21H31N7O2/c1-14(2)19-25-21(30-26-19)27-7-4-15(5-8-27)13-29-17-11-28(12-17)20-23-10-16-9-22-6-3-18(16)24-20/h10,14-15,17,22H,3-9,11-13H2,1-2H3. The zero-order chi connectivity index (χ0) is 20.5. The lowest BCUT2D eigenvalue weighted by atomic mass is 9.98. The van der Waals surface area contributed by atoms with E-state index in [0.29, 0.717) is 17.9 Å². The fraction of sp³-hybridized carbons (Fsp3) is 0.714. The lowest BCUT2D eigenvalue weighted by Gasteiger charge is -2.40. The lowest BCUT2D eigenvalue weighted by molar-refractivity contribution is 0.00753. The Labute approximate surface area is 177 Å². The Hall–Kier alpha value is -2.26. The summed E-state index contributed by atoms with van der Waals surface area (Å²) in [6.07, 6.45) is 5.43. The third-order valence-corrected chi connectivity index (χ3v) is 6.33. The third-order valence-electron chi connectivity index (χ3n) is 6.33. The molecule has 0 bridgehead atoms. The molecule has 2 saturated heterocycles. The first kappa shape index (κ1) is 19.7. The molecule has 0 atom stereocenters. The molecule has 1 N–H and O–H groups in total. The molecule has 30 heavy (non-hydrogen) atoms. The lowest BCUT2D eigenvalue weighted by Crippen LogP contribution is -2.53. The highest BCUT2D eigenvalue weighted by Crippen LogP contribution is 2.26. The number of fused-ring (bicyclic) bond motifs is 1. The minimum Gasteiger partial charge on any atom is -0.374 e. The summed E-state index contributed by atoms with van der Waals surface area (Å²) in [7, 11) is 0. The first-order valence-electron chi connectivity index (χ1n) is 11.2. The predicted molar refractivity (Wildman–Crippen MR) is 113 cm³/mol. The molecule has 0 aromatic carbocycles. The predicted octanol–water partition coefficient (Wildman–Crippen LogP) is 1.75. The van der Waals surface area contributed by atoms with E-state index in [1.54, 1.807) is 0 Å². The number of hydrogen-bond acceptors (Lipinski definition) is 9. The van der Waals surface area contributed by atoms with E-state index >= 15 is 0 Å². The Morgan fingerprint density at radius 2 is 2.03 bits per heavy atom. The average molecular weight is 414 g/mol. The number of anilines is 2. The Morgan fingerprint density at radius 1 is 1.20 bits per heavy atom. The first-order valence-corrected chi connectivity index (χ1v) is 11.2. The molecule has 2 aromatic heterocycles. The maximum absolute atomic E-state index is 6.18. The van der Waals surface area contributed by atoms with Crippen molar-refractivity contribution in [2.45, 2.75) is 51.7 Å². The van der Waals surface area contributed by atoms with Crippen molar-refractivity contribution in [3.63, 3.8) is 0 Å². The molecular weight excluding hydrogens is 382 g/mol. The van der Waals surface area contributed by atoms with Crippen molar-refractivity contribution in [2.24, 2.45) is 5.92 Å². The Balaban J connectivity index is 1.04. The molecule has 0 radical (unpaired) electrons. The van der Waals surface area contributed by atoms with Crippen molar-refractivity contribution in [1.29, 1.82) is 0 Å². The summed E-state index contributed by atoms with van der Waals surface area (Å²) in [6.45, 7) is 10.5. The van der Waals surface area contributed by atoms with Gasteiger partial charge in [-0.1, -0.05) is 19.0 Å². The van der Waals surface area contributed by atoms with E-state index in [2.05, 4.69) is 44.1 Å². The largest absolute Gasteiger partial charge is 0.374 e. The highest BCUT2D eigenvalue weighted by atomic mass is 16.5. The number of piperidine rings is 1. The van der Waals surface area contributed by atoms with E-state index < -0.39 is 0 Å². The summed E-state index contributed by atoms with van der Waals surface area (Å²) >= 11 is 0. The maximum atomic E-state index is 6.18. The van der Waals surface area contributed by atoms with Crippen LogP contribution in [0, 0.1) is 5.92 Å². The van der Waals surface area contributed by atoms with Crippen LogP contribution in [-0.2, 0) is 17.7 Å². The minimum atomic E-state index is 0.286. The van der Waals surface area contributed by atoms with Gasteiger partial charge in [-0.25, -0.2) is 9.97 Å². The van der Waals surface area contributed by atoms with E-state index in [0.717, 1.165) is 76.9 Å². The van der Waals surface area contributed by atoms with Crippen LogP contribution in [-0.4, -0.2) is 65.5 Å². The highest BCUT2D eigenvalue weighted by Gasteiger charge is 2.31. The van der Waals surface area contributed by atoms with Crippen LogP contribution in [0.2, 0.25) is 0 Å². The van der Waals surface area contributed by atoms with Gasteiger partial charge in [-0.15, -0.1) is 0 Å². The van der Waals surface area contributed by atoms with Crippen molar-refractivity contribution in [3.8, 4) is 0 Å². The average Bonchev–Trinajstić information content (AvgIpc) is 3.24. The normalized spacial score (nSPS) is 20.5. The summed E-state index contributed by atoms with van der Waals surface area (Å²) in [6, 6.07) is 0.661. The molecule has 2 fully saturated rings. The smallest absolute Gasteiger partial charge is 0.324 e. The Morgan fingerprint density at radius 3 is 2.80 bits per heavy atom. The molecule has 5 heterocycles. The molecule has 9 nitrogen and oxygen atoms in total. The minimum absolute atomic E-state index is 0.286. The summed E-state index contributed by atoms with van der Waals surface area (Å²) in [5.41, 5.74) is 2.42. The molecule has 3 aliphatic heterocycles. The summed E-state index contributed by atoms with van der Waals surface area (Å²) in [5, 5.41) is 7.43. The molecule has 0 unspecified atom stereocenters. The van der Waals surface area contributed by atoms with Gasteiger partial charge in [0.1, 0.15) is 0 Å². The zero-order valence-corrected chi connectivity index (χ0v) is 17.9. The van der Waals surface area contributed by atoms with Crippen LogP contribution < -0.4 is 15.1 Å². The van der Waals surface area contributed by atoms with Gasteiger partial charge in [-0.05, 0) is 18.8 Å². The number of ether oxygens (including phenoxy) is 1. The Kier molecular flexibility index (Phi) is 5.56. The second-order valence-corrected chi connectivity index (χ2v) is 8.95. The van der Waals surface area contributed by atoms with Gasteiger partial charge in [-0.2, -0.15) is 4.98 Å². The van der Waals surface area contributed by atoms with Gasteiger partial charge in [0.15, 0.2) is 5.82 Å². The number of nitrogens with zero attached hydrogens (tertiary/aromatic N) is 6. The van der Waals surface area contributed by atoms with Gasteiger partial charge < -0.3 is 24.4 Å². The van der Waals surface area contributed by atoms with Crippen LogP contribution in [0.3, 0.4) is 0 Å². The van der Waals surface area contributed by atoms with Crippen molar-refractivity contribution in [2.75, 3.05) is 49.1 Å². The number of aromatic nitrogens is 4. The summed E-state index contributed by atoms with van der Waals surface area (Å²) in [4.78, 5) is 18.2. The quantitative estimate of drug-likeness (QED) is 0.760. The summed E-state index contributed by atoms with van der Waals surface area (Å²) in [5.74, 6) is 2.52. The van der Waals surface area contributed by atoms with Crippen LogP contribution in [0.4, 0.5) is 12.0 Å². The van der Waals surface area contributed by atoms with Crippen molar-refractivity contribution < 1.29 is 9.26 Å². The van der Waals surface area contributed by atoms with Gasteiger partial charge >= 0.3 is 6.01 Å². The Bertz CT molecular complexity index is 857. The maximum Gasteiger partial charge on any atom is 0.324 e. The second-order valence-electron chi connectivity index (χ2n) is 8.95. The van der Waals surface area contributed by atoms with Gasteiger partial charge in [0, 0.05) is 63.4 Å². The molecule has 5 rings (SSSR count). The van der Waals surface area contributed by atoms with Gasteiger partial charge in [0.25, 0.3) is 0 Å². The van der Waals surface area contributed by atoms with E-state index in [1.165, 1.54) is 11.3 Å². The molecule has 0 amide bonds. The van der Waals surface area contributed by atoms with E-state index in [9.17, 15) is 0 Å². The molecule has 0 aliphatic carbocycles. The monoisotopic (exact) mass is 413 g/mol. The van der Waals surface area contributed by atoms with Crippen LogP contribution >= 0.6 is 0 Å². The molecular formula is C21H31N7O2. The first-order chi connectivity index (χ1) is 14.7. The number of rotatable bonds is 6. The molecule has 2 aromatic rings. The molecule has 9 heteroatoms. The molecule has 0 saturated carbocycles. The molecule has 162 valence electrons. The van der Waals surface area contributed by atoms with Crippen LogP contribution in [0.15, 0.2) is 10.7 Å². The topological polar surface area (TPSA) is 92.4 Å². The van der Waals surface area contributed by atoms with E-state index in [1.807, 2.05) is 6.20 Å². The number of hydrogen-bond donors (Lipinski definition) is 1. The fourth-order valence-electron chi connectivity index (χ4n) is 4.24. The zero-order valence-electron chi connectivity index (χ0n) is 17.9. The third kappa shape index (κ3) is 4.13. The van der Waals surface area contributed by atoms with Crippen molar-refractivity contribution in [3.05, 3.63) is 23.3 Å². The van der Waals surface area contributed by atoms with E-state index in [-0.39, 0.29) is 6.10 Å². The van der Waals surface area contributed by atoms with Crippen molar-refractivity contribution >= 4 is 12.0 Å². The van der Waals surface area contributed by atoms with Crippen LogP contribution in [0.5, 0.6) is 0 Å². The van der Waals surface area contributed by atoms with Crippen LogP contribution in [0.1, 0.15) is 49.7 Å². The number of nitrogens with one attached hydrogen (secondary N) is 1. The van der Waals surface area contributed by atoms with Gasteiger partial charge in [0.2, 0.25) is 5.95 Å². The molecule has 3 aliphatic rings.